The van der Waals surface area contributed by atoms with Crippen LogP contribution in [-0.2, 0) is 16.0 Å². The number of benzene rings is 1. The Bertz CT molecular complexity index is 665. The van der Waals surface area contributed by atoms with Gasteiger partial charge in [-0.3, -0.25) is 4.79 Å². The van der Waals surface area contributed by atoms with Crippen LogP contribution >= 0.6 is 0 Å². The summed E-state index contributed by atoms with van der Waals surface area (Å²) >= 11 is 0. The summed E-state index contributed by atoms with van der Waals surface area (Å²) in [5.74, 6) is -0.338. The number of amides is 2. The molecule has 7 nitrogen and oxygen atoms in total. The molecule has 2 rings (SSSR count). The maximum atomic E-state index is 11.9. The van der Waals surface area contributed by atoms with Crippen LogP contribution in [0.4, 0.5) is 4.79 Å². The third-order valence-electron chi connectivity index (χ3n) is 3.24. The summed E-state index contributed by atoms with van der Waals surface area (Å²) in [5, 5.41) is 15.6. The van der Waals surface area contributed by atoms with Gasteiger partial charge in [0.1, 0.15) is 6.04 Å². The number of likely N-dealkylation sites (N-methyl/N-ethyl adjacent to an activating group) is 1. The zero-order valence-corrected chi connectivity index (χ0v) is 11.8. The molecule has 7 heteroatoms. The maximum absolute atomic E-state index is 11.9. The number of alkyl carbamates (subject to hydrolysis) is 1. The van der Waals surface area contributed by atoms with Crippen molar-refractivity contribution >= 4 is 22.9 Å². The maximum Gasteiger partial charge on any atom is 0.407 e. The van der Waals surface area contributed by atoms with E-state index < -0.39 is 12.1 Å². The molecule has 1 heterocycles. The van der Waals surface area contributed by atoms with Crippen LogP contribution in [0.25, 0.3) is 10.9 Å². The van der Waals surface area contributed by atoms with Crippen molar-refractivity contribution < 1.29 is 19.5 Å². The monoisotopic (exact) mass is 291 g/mol. The Morgan fingerprint density at radius 1 is 1.38 bits per heavy atom. The molecular weight excluding hydrogens is 274 g/mol. The van der Waals surface area contributed by atoms with Gasteiger partial charge in [0.25, 0.3) is 0 Å². The van der Waals surface area contributed by atoms with Gasteiger partial charge in [-0.2, -0.15) is 4.73 Å². The Labute approximate surface area is 121 Å². The number of carbonyl (C=O) groups excluding carboxylic acids is 2. The summed E-state index contributed by atoms with van der Waals surface area (Å²) in [4.78, 5) is 23.2. The molecule has 1 aromatic carbocycles. The van der Waals surface area contributed by atoms with E-state index in [9.17, 15) is 14.8 Å². The number of rotatable bonds is 4. The van der Waals surface area contributed by atoms with Gasteiger partial charge in [0.05, 0.1) is 12.6 Å². The molecular formula is C14H17N3O4. The first-order valence-electron chi connectivity index (χ1n) is 6.41. The fourth-order valence-electron chi connectivity index (χ4n) is 2.20. The van der Waals surface area contributed by atoms with E-state index in [2.05, 4.69) is 15.4 Å². The molecule has 21 heavy (non-hydrogen) atoms. The van der Waals surface area contributed by atoms with Crippen molar-refractivity contribution in [3.63, 3.8) is 0 Å². The Hall–Kier alpha value is -2.70. The van der Waals surface area contributed by atoms with E-state index in [0.717, 1.165) is 15.7 Å². The van der Waals surface area contributed by atoms with Gasteiger partial charge >= 0.3 is 6.09 Å². The summed E-state index contributed by atoms with van der Waals surface area (Å²) in [6.07, 6.45) is 1.08. The third kappa shape index (κ3) is 3.07. The lowest BCUT2D eigenvalue weighted by molar-refractivity contribution is -0.122. The number of nitrogens with zero attached hydrogens (tertiary/aromatic N) is 1. The average Bonchev–Trinajstić information content (AvgIpc) is 2.82. The molecule has 0 aliphatic rings. The zero-order valence-electron chi connectivity index (χ0n) is 11.8. The first-order valence-corrected chi connectivity index (χ1v) is 6.41. The van der Waals surface area contributed by atoms with Crippen LogP contribution in [0.5, 0.6) is 0 Å². The van der Waals surface area contributed by atoms with Crippen molar-refractivity contribution in [2.75, 3.05) is 14.2 Å². The number of methoxy groups -OCH3 is 1. The topological polar surface area (TPSA) is 92.6 Å². The highest BCUT2D eigenvalue weighted by atomic mass is 16.5. The van der Waals surface area contributed by atoms with Crippen LogP contribution in [0.2, 0.25) is 0 Å². The van der Waals surface area contributed by atoms with Crippen LogP contribution in [0.1, 0.15) is 5.56 Å². The third-order valence-corrected chi connectivity index (χ3v) is 3.24. The van der Waals surface area contributed by atoms with Crippen molar-refractivity contribution in [3.8, 4) is 0 Å². The van der Waals surface area contributed by atoms with E-state index in [1.54, 1.807) is 6.07 Å². The number of hydrogen-bond acceptors (Lipinski definition) is 4. The summed E-state index contributed by atoms with van der Waals surface area (Å²) in [5.41, 5.74) is 1.39. The predicted octanol–water partition coefficient (Wildman–Crippen LogP) is 0.892. The van der Waals surface area contributed by atoms with Crippen molar-refractivity contribution in [1.82, 2.24) is 15.4 Å². The van der Waals surface area contributed by atoms with Crippen molar-refractivity contribution in [3.05, 3.63) is 36.0 Å². The molecule has 0 radical (unpaired) electrons. The van der Waals surface area contributed by atoms with Crippen LogP contribution in [-0.4, -0.2) is 42.1 Å². The second kappa shape index (κ2) is 6.17. The van der Waals surface area contributed by atoms with E-state index >= 15 is 0 Å². The number of hydrogen-bond donors (Lipinski definition) is 3. The van der Waals surface area contributed by atoms with Gasteiger partial charge in [-0.15, -0.1) is 0 Å². The summed E-state index contributed by atoms with van der Waals surface area (Å²) in [6, 6.07) is 6.47. The summed E-state index contributed by atoms with van der Waals surface area (Å²) in [7, 11) is 2.72. The van der Waals surface area contributed by atoms with E-state index in [1.807, 2.05) is 18.2 Å². The lowest BCUT2D eigenvalue weighted by Gasteiger charge is -2.16. The van der Waals surface area contributed by atoms with Crippen molar-refractivity contribution in [2.45, 2.75) is 12.5 Å². The Kier molecular flexibility index (Phi) is 4.32. The van der Waals surface area contributed by atoms with E-state index in [4.69, 9.17) is 0 Å². The van der Waals surface area contributed by atoms with Gasteiger partial charge in [0.2, 0.25) is 5.91 Å². The fourth-order valence-corrected chi connectivity index (χ4v) is 2.20. The highest BCUT2D eigenvalue weighted by molar-refractivity contribution is 5.88. The average molecular weight is 291 g/mol. The fraction of sp³-hybridized carbons (Fsp3) is 0.286. The quantitative estimate of drug-likeness (QED) is 0.729. The predicted molar refractivity (Wildman–Crippen MR) is 76.2 cm³/mol. The molecule has 1 atom stereocenters. The van der Waals surface area contributed by atoms with Crippen LogP contribution in [0, 0.1) is 0 Å². The number of fused-ring (bicyclic) bond motifs is 1. The normalized spacial score (nSPS) is 11.9. The molecule has 0 bridgehead atoms. The minimum Gasteiger partial charge on any atom is -0.453 e. The molecule has 0 saturated heterocycles. The number of carbonyl (C=O) groups is 2. The molecule has 1 unspecified atom stereocenters. The Balaban J connectivity index is 2.30. The molecule has 2 amide bonds. The van der Waals surface area contributed by atoms with Crippen LogP contribution in [0.3, 0.4) is 0 Å². The highest BCUT2D eigenvalue weighted by Gasteiger charge is 2.22. The van der Waals surface area contributed by atoms with Crippen LogP contribution < -0.4 is 10.6 Å². The van der Waals surface area contributed by atoms with E-state index in [-0.39, 0.29) is 12.3 Å². The minimum absolute atomic E-state index is 0.239. The molecule has 1 aromatic heterocycles. The number of para-hydroxylation sites is 1. The molecule has 0 fully saturated rings. The lowest BCUT2D eigenvalue weighted by atomic mass is 10.0. The minimum atomic E-state index is -0.784. The zero-order chi connectivity index (χ0) is 15.4. The largest absolute Gasteiger partial charge is 0.453 e. The second-order valence-corrected chi connectivity index (χ2v) is 4.52. The smallest absolute Gasteiger partial charge is 0.407 e. The molecule has 0 spiro atoms. The van der Waals surface area contributed by atoms with Gasteiger partial charge in [-0.1, -0.05) is 18.2 Å². The van der Waals surface area contributed by atoms with Crippen molar-refractivity contribution in [2.24, 2.45) is 0 Å². The summed E-state index contributed by atoms with van der Waals surface area (Å²) in [6.45, 7) is 0. The van der Waals surface area contributed by atoms with E-state index in [1.165, 1.54) is 20.4 Å². The molecule has 0 saturated carbocycles. The van der Waals surface area contributed by atoms with Crippen molar-refractivity contribution in [1.29, 1.82) is 0 Å². The van der Waals surface area contributed by atoms with Gasteiger partial charge in [0, 0.05) is 25.1 Å². The van der Waals surface area contributed by atoms with Gasteiger partial charge in [0.15, 0.2) is 0 Å². The Morgan fingerprint density at radius 3 is 2.76 bits per heavy atom. The highest BCUT2D eigenvalue weighted by Crippen LogP contribution is 2.21. The first kappa shape index (κ1) is 14.7. The summed E-state index contributed by atoms with van der Waals surface area (Å²) < 4.78 is 5.52. The second-order valence-electron chi connectivity index (χ2n) is 4.52. The number of nitrogens with one attached hydrogen (secondary N) is 2. The first-order chi connectivity index (χ1) is 10.1. The SMILES string of the molecule is CNC(=O)C(Cc1cn(O)c2ccccc12)NC(=O)OC. The number of aromatic nitrogens is 1. The molecule has 0 aliphatic heterocycles. The standard InChI is InChI=1S/C14H17N3O4/c1-15-13(18)11(16-14(19)21-2)7-9-8-17(20)12-6-4-3-5-10(9)12/h3-6,8,11,20H,7H2,1-2H3,(H,15,18)(H,16,19). The molecule has 3 N–H and O–H groups in total. The van der Waals surface area contributed by atoms with E-state index in [0.29, 0.717) is 5.52 Å². The number of ether oxygens (including phenoxy) is 1. The van der Waals surface area contributed by atoms with Gasteiger partial charge in [-0.05, 0) is 11.6 Å². The Morgan fingerprint density at radius 2 is 2.10 bits per heavy atom. The van der Waals surface area contributed by atoms with Gasteiger partial charge in [-0.25, -0.2) is 4.79 Å². The molecule has 2 aromatic rings. The molecule has 0 aliphatic carbocycles. The molecule has 112 valence electrons. The van der Waals surface area contributed by atoms with Gasteiger partial charge < -0.3 is 20.6 Å². The van der Waals surface area contributed by atoms with Crippen LogP contribution in [0.15, 0.2) is 30.5 Å². The lowest BCUT2D eigenvalue weighted by Crippen LogP contribution is -2.47.